The second-order valence-electron chi connectivity index (χ2n) is 6.55. The molecule has 150 valence electrons. The molecular weight excluding hydrogens is 382 g/mol. The van der Waals surface area contributed by atoms with Gasteiger partial charge in [0.25, 0.3) is 5.69 Å². The maximum Gasteiger partial charge on any atom is 0.270 e. The third-order valence-electron chi connectivity index (χ3n) is 4.30. The molecule has 1 amide bonds. The normalized spacial score (nSPS) is 11.3. The van der Waals surface area contributed by atoms with E-state index >= 15 is 0 Å². The Balaban J connectivity index is 2.19. The third-order valence-corrected chi connectivity index (χ3v) is 5.78. The number of carbonyl (C=O) groups is 1. The number of nitro benzene ring substituents is 1. The second-order valence-corrected chi connectivity index (χ2v) is 8.28. The Labute approximate surface area is 164 Å². The molecule has 0 saturated heterocycles. The number of sulfonamides is 1. The standard InChI is InChI=1S/C19H23N3O5S/c1-5-15-6-7-16(22(24)25)10-17(15)28(26,27)20-11-18(23)21-19-13(3)8-12(2)9-14(19)4/h6-10,20H,5,11H2,1-4H3,(H,21,23). The minimum Gasteiger partial charge on any atom is -0.324 e. The van der Waals surface area contributed by atoms with E-state index in [0.717, 1.165) is 22.8 Å². The monoisotopic (exact) mass is 405 g/mol. The quantitative estimate of drug-likeness (QED) is 0.542. The lowest BCUT2D eigenvalue weighted by Crippen LogP contribution is -2.33. The van der Waals surface area contributed by atoms with Gasteiger partial charge in [0.2, 0.25) is 15.9 Å². The highest BCUT2D eigenvalue weighted by molar-refractivity contribution is 7.89. The number of non-ortho nitro benzene ring substituents is 1. The van der Waals surface area contributed by atoms with Crippen molar-refractivity contribution in [2.75, 3.05) is 11.9 Å². The first kappa shape index (κ1) is 21.5. The highest BCUT2D eigenvalue weighted by atomic mass is 32.2. The van der Waals surface area contributed by atoms with Crippen LogP contribution in [0.4, 0.5) is 11.4 Å². The van der Waals surface area contributed by atoms with E-state index in [4.69, 9.17) is 0 Å². The van der Waals surface area contributed by atoms with Gasteiger partial charge in [0, 0.05) is 17.8 Å². The Morgan fingerprint density at radius 1 is 1.11 bits per heavy atom. The van der Waals surface area contributed by atoms with Crippen molar-refractivity contribution in [1.29, 1.82) is 0 Å². The van der Waals surface area contributed by atoms with Crippen molar-refractivity contribution in [3.8, 4) is 0 Å². The zero-order chi connectivity index (χ0) is 21.1. The Bertz CT molecular complexity index is 1010. The summed E-state index contributed by atoms with van der Waals surface area (Å²) in [6.07, 6.45) is 0.377. The number of carbonyl (C=O) groups excluding carboxylic acids is 1. The lowest BCUT2D eigenvalue weighted by Gasteiger charge is -2.14. The van der Waals surface area contributed by atoms with Crippen molar-refractivity contribution in [3.05, 3.63) is 62.7 Å². The van der Waals surface area contributed by atoms with Crippen molar-refractivity contribution in [3.63, 3.8) is 0 Å². The molecule has 8 nitrogen and oxygen atoms in total. The lowest BCUT2D eigenvalue weighted by atomic mass is 10.1. The van der Waals surface area contributed by atoms with Crippen molar-refractivity contribution < 1.29 is 18.1 Å². The number of hydrogen-bond donors (Lipinski definition) is 2. The Morgan fingerprint density at radius 2 is 1.71 bits per heavy atom. The van der Waals surface area contributed by atoms with Crippen LogP contribution in [0.1, 0.15) is 29.2 Å². The number of hydrogen-bond acceptors (Lipinski definition) is 5. The molecule has 0 aliphatic rings. The summed E-state index contributed by atoms with van der Waals surface area (Å²) >= 11 is 0. The maximum absolute atomic E-state index is 12.6. The number of amides is 1. The number of nitrogens with zero attached hydrogens (tertiary/aromatic N) is 1. The van der Waals surface area contributed by atoms with E-state index in [-0.39, 0.29) is 10.6 Å². The molecule has 0 spiro atoms. The van der Waals surface area contributed by atoms with Gasteiger partial charge in [0.05, 0.1) is 16.4 Å². The smallest absolute Gasteiger partial charge is 0.270 e. The summed E-state index contributed by atoms with van der Waals surface area (Å²) in [4.78, 5) is 22.4. The zero-order valence-electron chi connectivity index (χ0n) is 16.2. The molecular formula is C19H23N3O5S. The summed E-state index contributed by atoms with van der Waals surface area (Å²) in [5.74, 6) is -0.526. The number of benzene rings is 2. The minimum atomic E-state index is -4.09. The van der Waals surface area contributed by atoms with Crippen LogP contribution in [0.2, 0.25) is 0 Å². The fraction of sp³-hybridized carbons (Fsp3) is 0.316. The van der Waals surface area contributed by atoms with Crippen LogP contribution < -0.4 is 10.0 Å². The summed E-state index contributed by atoms with van der Waals surface area (Å²) in [5.41, 5.74) is 3.56. The van der Waals surface area contributed by atoms with Crippen LogP contribution >= 0.6 is 0 Å². The van der Waals surface area contributed by atoms with Gasteiger partial charge < -0.3 is 5.32 Å². The molecule has 0 aliphatic carbocycles. The number of aryl methyl sites for hydroxylation is 4. The van der Waals surface area contributed by atoms with Crippen molar-refractivity contribution in [2.24, 2.45) is 0 Å². The summed E-state index contributed by atoms with van der Waals surface area (Å²) in [6.45, 7) is 6.92. The Kier molecular flexibility index (Phi) is 6.52. The van der Waals surface area contributed by atoms with Gasteiger partial charge in [-0.15, -0.1) is 0 Å². The molecule has 9 heteroatoms. The highest BCUT2D eigenvalue weighted by Crippen LogP contribution is 2.23. The van der Waals surface area contributed by atoms with Gasteiger partial charge in [-0.3, -0.25) is 14.9 Å². The average molecular weight is 405 g/mol. The average Bonchev–Trinajstić information content (AvgIpc) is 2.62. The van der Waals surface area contributed by atoms with E-state index in [1.165, 1.54) is 12.1 Å². The zero-order valence-corrected chi connectivity index (χ0v) is 17.0. The molecule has 2 N–H and O–H groups in total. The van der Waals surface area contributed by atoms with Gasteiger partial charge in [0.1, 0.15) is 0 Å². The van der Waals surface area contributed by atoms with Gasteiger partial charge >= 0.3 is 0 Å². The summed E-state index contributed by atoms with van der Waals surface area (Å²) in [7, 11) is -4.09. The number of anilines is 1. The van der Waals surface area contributed by atoms with Crippen LogP contribution in [-0.4, -0.2) is 25.8 Å². The van der Waals surface area contributed by atoms with Crippen molar-refractivity contribution in [1.82, 2.24) is 4.72 Å². The molecule has 0 unspecified atom stereocenters. The lowest BCUT2D eigenvalue weighted by molar-refractivity contribution is -0.385. The highest BCUT2D eigenvalue weighted by Gasteiger charge is 2.22. The van der Waals surface area contributed by atoms with Gasteiger partial charge in [-0.25, -0.2) is 13.1 Å². The Hall–Kier alpha value is -2.78. The van der Waals surface area contributed by atoms with Crippen LogP contribution in [0.5, 0.6) is 0 Å². The van der Waals surface area contributed by atoms with Crippen LogP contribution in [0.25, 0.3) is 0 Å². The third kappa shape index (κ3) is 4.93. The van der Waals surface area contributed by atoms with E-state index in [9.17, 15) is 23.3 Å². The van der Waals surface area contributed by atoms with Crippen molar-refractivity contribution >= 4 is 27.3 Å². The summed E-state index contributed by atoms with van der Waals surface area (Å²) < 4.78 is 27.4. The molecule has 0 aromatic heterocycles. The van der Waals surface area contributed by atoms with Crippen LogP contribution in [-0.2, 0) is 21.2 Å². The first-order valence-corrected chi connectivity index (χ1v) is 10.2. The van der Waals surface area contributed by atoms with E-state index in [0.29, 0.717) is 17.7 Å². The molecule has 0 aliphatic heterocycles. The first-order valence-electron chi connectivity index (χ1n) is 8.69. The molecule has 2 rings (SSSR count). The van der Waals surface area contributed by atoms with E-state index in [1.54, 1.807) is 6.92 Å². The van der Waals surface area contributed by atoms with Crippen LogP contribution in [0, 0.1) is 30.9 Å². The van der Waals surface area contributed by atoms with Gasteiger partial charge in [-0.1, -0.05) is 30.7 Å². The molecule has 0 fully saturated rings. The SMILES string of the molecule is CCc1ccc([N+](=O)[O-])cc1S(=O)(=O)NCC(=O)Nc1c(C)cc(C)cc1C. The van der Waals surface area contributed by atoms with Gasteiger partial charge in [-0.2, -0.15) is 0 Å². The molecule has 0 saturated carbocycles. The van der Waals surface area contributed by atoms with E-state index in [1.807, 2.05) is 32.9 Å². The summed E-state index contributed by atoms with van der Waals surface area (Å²) in [6, 6.07) is 7.51. The largest absolute Gasteiger partial charge is 0.324 e. The molecule has 2 aromatic carbocycles. The predicted molar refractivity (Wildman–Crippen MR) is 107 cm³/mol. The molecule has 0 atom stereocenters. The van der Waals surface area contributed by atoms with Gasteiger partial charge in [-0.05, 0) is 43.9 Å². The summed E-state index contributed by atoms with van der Waals surface area (Å²) in [5, 5.41) is 13.7. The predicted octanol–water partition coefficient (Wildman–Crippen LogP) is 3.00. The second kappa shape index (κ2) is 8.49. The number of nitrogens with one attached hydrogen (secondary N) is 2. The molecule has 0 bridgehead atoms. The molecule has 0 radical (unpaired) electrons. The molecule has 2 aromatic rings. The fourth-order valence-electron chi connectivity index (χ4n) is 3.00. The van der Waals surface area contributed by atoms with Crippen LogP contribution in [0.3, 0.4) is 0 Å². The maximum atomic E-state index is 12.6. The minimum absolute atomic E-state index is 0.195. The fourth-order valence-corrected chi connectivity index (χ4v) is 4.31. The molecule has 28 heavy (non-hydrogen) atoms. The van der Waals surface area contributed by atoms with Crippen molar-refractivity contribution in [2.45, 2.75) is 39.0 Å². The van der Waals surface area contributed by atoms with E-state index < -0.39 is 27.4 Å². The van der Waals surface area contributed by atoms with Crippen LogP contribution in [0.15, 0.2) is 35.2 Å². The van der Waals surface area contributed by atoms with E-state index in [2.05, 4.69) is 10.0 Å². The van der Waals surface area contributed by atoms with Gasteiger partial charge in [0.15, 0.2) is 0 Å². The molecule has 0 heterocycles. The Morgan fingerprint density at radius 3 is 2.25 bits per heavy atom. The number of rotatable bonds is 7. The number of nitro groups is 1. The first-order chi connectivity index (χ1) is 13.0. The topological polar surface area (TPSA) is 118 Å².